The standard InChI is InChI=1S/C24H26N2O4S/c1-4-20(18-10-6-5-7-11-18)25-24(27)19-12-8-9-13-21(19)26-31(28,29)23-15-14-17(2)16-22(23)30-3/h5-16,20,26H,4H2,1-3H3,(H,25,27)/t20-/m0/s1. The molecular weight excluding hydrogens is 412 g/mol. The molecule has 0 spiro atoms. The number of amides is 1. The Balaban J connectivity index is 1.89. The number of anilines is 1. The second-order valence-electron chi connectivity index (χ2n) is 7.15. The quantitative estimate of drug-likeness (QED) is 0.535. The normalized spacial score (nSPS) is 12.1. The first kappa shape index (κ1) is 22.4. The fourth-order valence-corrected chi connectivity index (χ4v) is 4.54. The van der Waals surface area contributed by atoms with Crippen LogP contribution in [0.5, 0.6) is 5.75 Å². The fraction of sp³-hybridized carbons (Fsp3) is 0.208. The van der Waals surface area contributed by atoms with Crippen molar-refractivity contribution in [1.82, 2.24) is 5.32 Å². The predicted octanol–water partition coefficient (Wildman–Crippen LogP) is 4.69. The van der Waals surface area contributed by atoms with Crippen molar-refractivity contribution in [3.05, 3.63) is 89.5 Å². The average Bonchev–Trinajstić information content (AvgIpc) is 2.77. The van der Waals surface area contributed by atoms with Gasteiger partial charge in [-0.3, -0.25) is 9.52 Å². The van der Waals surface area contributed by atoms with Crippen LogP contribution >= 0.6 is 0 Å². The monoisotopic (exact) mass is 438 g/mol. The molecule has 31 heavy (non-hydrogen) atoms. The zero-order valence-corrected chi connectivity index (χ0v) is 18.6. The molecule has 0 aliphatic heterocycles. The van der Waals surface area contributed by atoms with E-state index in [-0.39, 0.29) is 33.8 Å². The Bertz CT molecular complexity index is 1160. The second kappa shape index (κ2) is 9.66. The summed E-state index contributed by atoms with van der Waals surface area (Å²) in [6.07, 6.45) is 0.699. The summed E-state index contributed by atoms with van der Waals surface area (Å²) in [5.74, 6) is -0.116. The van der Waals surface area contributed by atoms with Crippen molar-refractivity contribution in [2.45, 2.75) is 31.2 Å². The summed E-state index contributed by atoms with van der Waals surface area (Å²) < 4.78 is 33.9. The van der Waals surface area contributed by atoms with Crippen molar-refractivity contribution in [1.29, 1.82) is 0 Å². The summed E-state index contributed by atoms with van der Waals surface area (Å²) >= 11 is 0. The van der Waals surface area contributed by atoms with Crippen molar-refractivity contribution in [2.75, 3.05) is 11.8 Å². The average molecular weight is 439 g/mol. The zero-order chi connectivity index (χ0) is 22.4. The van der Waals surface area contributed by atoms with Gasteiger partial charge < -0.3 is 10.1 Å². The van der Waals surface area contributed by atoms with Gasteiger partial charge in [0.15, 0.2) is 0 Å². The topological polar surface area (TPSA) is 84.5 Å². The lowest BCUT2D eigenvalue weighted by Crippen LogP contribution is -2.29. The molecule has 0 heterocycles. The van der Waals surface area contributed by atoms with Crippen LogP contribution < -0.4 is 14.8 Å². The van der Waals surface area contributed by atoms with Crippen LogP contribution in [0.3, 0.4) is 0 Å². The molecule has 0 bridgehead atoms. The lowest BCUT2D eigenvalue weighted by atomic mass is 10.0. The van der Waals surface area contributed by atoms with Gasteiger partial charge in [-0.15, -0.1) is 0 Å². The Labute approximate surface area is 183 Å². The van der Waals surface area contributed by atoms with E-state index in [1.165, 1.54) is 13.2 Å². The number of aryl methyl sites for hydroxylation is 1. The number of nitrogens with one attached hydrogen (secondary N) is 2. The van der Waals surface area contributed by atoms with Crippen LogP contribution in [0.1, 0.15) is 40.9 Å². The number of carbonyl (C=O) groups is 1. The predicted molar refractivity (Wildman–Crippen MR) is 122 cm³/mol. The summed E-state index contributed by atoms with van der Waals surface area (Å²) in [5.41, 5.74) is 2.31. The third kappa shape index (κ3) is 5.24. The van der Waals surface area contributed by atoms with Crippen LogP contribution in [0.4, 0.5) is 5.69 Å². The molecule has 0 aliphatic rings. The molecule has 162 valence electrons. The van der Waals surface area contributed by atoms with Gasteiger partial charge in [-0.05, 0) is 48.7 Å². The van der Waals surface area contributed by atoms with E-state index < -0.39 is 10.0 Å². The van der Waals surface area contributed by atoms with Gasteiger partial charge in [0, 0.05) is 0 Å². The lowest BCUT2D eigenvalue weighted by Gasteiger charge is -2.19. The molecule has 0 saturated carbocycles. The van der Waals surface area contributed by atoms with Crippen molar-refractivity contribution in [3.8, 4) is 5.75 Å². The molecule has 0 unspecified atom stereocenters. The molecule has 3 rings (SSSR count). The summed E-state index contributed by atoms with van der Waals surface area (Å²) in [5, 5.41) is 3.00. The maximum atomic E-state index is 13.0. The van der Waals surface area contributed by atoms with Gasteiger partial charge >= 0.3 is 0 Å². The van der Waals surface area contributed by atoms with Gasteiger partial charge in [-0.1, -0.05) is 55.5 Å². The van der Waals surface area contributed by atoms with E-state index in [0.29, 0.717) is 6.42 Å². The summed E-state index contributed by atoms with van der Waals surface area (Å²) in [6.45, 7) is 3.83. The number of rotatable bonds is 8. The molecule has 7 heteroatoms. The molecule has 2 N–H and O–H groups in total. The Morgan fingerprint density at radius 2 is 1.68 bits per heavy atom. The van der Waals surface area contributed by atoms with E-state index in [2.05, 4.69) is 10.0 Å². The first-order valence-corrected chi connectivity index (χ1v) is 11.5. The molecule has 0 aliphatic carbocycles. The highest BCUT2D eigenvalue weighted by atomic mass is 32.2. The molecule has 6 nitrogen and oxygen atoms in total. The molecular formula is C24H26N2O4S. The number of benzene rings is 3. The van der Waals surface area contributed by atoms with E-state index in [4.69, 9.17) is 4.74 Å². The van der Waals surface area contributed by atoms with Crippen molar-refractivity contribution >= 4 is 21.6 Å². The number of para-hydroxylation sites is 1. The number of hydrogen-bond acceptors (Lipinski definition) is 4. The van der Waals surface area contributed by atoms with Crippen molar-refractivity contribution < 1.29 is 17.9 Å². The van der Waals surface area contributed by atoms with Crippen LogP contribution in [0.2, 0.25) is 0 Å². The van der Waals surface area contributed by atoms with E-state index in [9.17, 15) is 13.2 Å². The molecule has 0 saturated heterocycles. The Morgan fingerprint density at radius 1 is 1.00 bits per heavy atom. The van der Waals surface area contributed by atoms with Gasteiger partial charge in [-0.2, -0.15) is 0 Å². The molecule has 1 atom stereocenters. The molecule has 0 fully saturated rings. The van der Waals surface area contributed by atoms with Gasteiger partial charge in [0.25, 0.3) is 15.9 Å². The highest BCUT2D eigenvalue weighted by Crippen LogP contribution is 2.28. The number of carbonyl (C=O) groups excluding carboxylic acids is 1. The second-order valence-corrected chi connectivity index (χ2v) is 8.80. The smallest absolute Gasteiger partial charge is 0.265 e. The minimum absolute atomic E-state index is 0.00605. The van der Waals surface area contributed by atoms with Crippen LogP contribution in [0, 0.1) is 6.92 Å². The maximum Gasteiger partial charge on any atom is 0.265 e. The highest BCUT2D eigenvalue weighted by Gasteiger charge is 2.23. The first-order valence-electron chi connectivity index (χ1n) is 9.98. The lowest BCUT2D eigenvalue weighted by molar-refractivity contribution is 0.0936. The third-order valence-corrected chi connectivity index (χ3v) is 6.35. The number of methoxy groups -OCH3 is 1. The van der Waals surface area contributed by atoms with Gasteiger partial charge in [0.2, 0.25) is 0 Å². The molecule has 0 radical (unpaired) electrons. The van der Waals surface area contributed by atoms with Gasteiger partial charge in [0.05, 0.1) is 24.4 Å². The first-order chi connectivity index (χ1) is 14.9. The Morgan fingerprint density at radius 3 is 2.35 bits per heavy atom. The summed E-state index contributed by atoms with van der Waals surface area (Å²) in [7, 11) is -2.55. The van der Waals surface area contributed by atoms with Crippen molar-refractivity contribution in [2.24, 2.45) is 0 Å². The van der Waals surface area contributed by atoms with Gasteiger partial charge in [-0.25, -0.2) is 8.42 Å². The fourth-order valence-electron chi connectivity index (χ4n) is 3.31. The molecule has 3 aromatic rings. The Kier molecular flexibility index (Phi) is 6.97. The minimum Gasteiger partial charge on any atom is -0.495 e. The maximum absolute atomic E-state index is 13.0. The SMILES string of the molecule is CC[C@H](NC(=O)c1ccccc1NS(=O)(=O)c1ccc(C)cc1OC)c1ccccc1. The third-order valence-electron chi connectivity index (χ3n) is 4.94. The summed E-state index contributed by atoms with van der Waals surface area (Å²) in [4.78, 5) is 13.0. The number of sulfonamides is 1. The van der Waals surface area contributed by atoms with Crippen LogP contribution in [-0.2, 0) is 10.0 Å². The molecule has 0 aromatic heterocycles. The van der Waals surface area contributed by atoms with E-state index in [1.54, 1.807) is 36.4 Å². The zero-order valence-electron chi connectivity index (χ0n) is 17.8. The van der Waals surface area contributed by atoms with Gasteiger partial charge in [0.1, 0.15) is 10.6 Å². The number of ether oxygens (including phenoxy) is 1. The van der Waals surface area contributed by atoms with E-state index in [1.807, 2.05) is 44.2 Å². The highest BCUT2D eigenvalue weighted by molar-refractivity contribution is 7.92. The van der Waals surface area contributed by atoms with Crippen LogP contribution in [0.15, 0.2) is 77.7 Å². The minimum atomic E-state index is -3.97. The largest absolute Gasteiger partial charge is 0.495 e. The number of hydrogen-bond donors (Lipinski definition) is 2. The molecule has 1 amide bonds. The van der Waals surface area contributed by atoms with E-state index >= 15 is 0 Å². The van der Waals surface area contributed by atoms with Crippen molar-refractivity contribution in [3.63, 3.8) is 0 Å². The van der Waals surface area contributed by atoms with Crippen LogP contribution in [-0.4, -0.2) is 21.4 Å². The molecule has 3 aromatic carbocycles. The van der Waals surface area contributed by atoms with Crippen LogP contribution in [0.25, 0.3) is 0 Å². The Hall–Kier alpha value is -3.32. The van der Waals surface area contributed by atoms with E-state index in [0.717, 1.165) is 11.1 Å². The summed E-state index contributed by atoms with van der Waals surface area (Å²) in [6, 6.07) is 20.8.